The molecule has 2 N–H and O–H groups in total. The lowest BCUT2D eigenvalue weighted by Crippen LogP contribution is -1.97. The van der Waals surface area contributed by atoms with Crippen LogP contribution in [0.2, 0.25) is 0 Å². The van der Waals surface area contributed by atoms with Crippen molar-refractivity contribution in [2.24, 2.45) is 0 Å². The van der Waals surface area contributed by atoms with Gasteiger partial charge in [-0.25, -0.2) is 0 Å². The maximum absolute atomic E-state index is 12.9. The highest BCUT2D eigenvalue weighted by atomic mass is 31.1. The Labute approximate surface area is 172 Å². The Balaban J connectivity index is 2.13. The highest BCUT2D eigenvalue weighted by molar-refractivity contribution is 7.68. The van der Waals surface area contributed by atoms with Crippen LogP contribution in [0.25, 0.3) is 10.9 Å². The van der Waals surface area contributed by atoms with Crippen LogP contribution in [0.5, 0.6) is 0 Å². The highest BCUT2D eigenvalue weighted by Gasteiger charge is 2.16. The molecule has 0 saturated heterocycles. The molecule has 0 aliphatic rings. The summed E-state index contributed by atoms with van der Waals surface area (Å²) in [5.74, 6) is -0.0922. The van der Waals surface area contributed by atoms with Gasteiger partial charge in [-0.15, -0.1) is 0 Å². The van der Waals surface area contributed by atoms with Crippen LogP contribution in [0.1, 0.15) is 21.5 Å². The molecule has 0 aliphatic heterocycles. The Morgan fingerprint density at radius 1 is 0.655 bits per heavy atom. The van der Waals surface area contributed by atoms with E-state index in [1.807, 2.05) is 84.9 Å². The maximum Gasteiger partial charge on any atom is 0.186 e. The van der Waals surface area contributed by atoms with E-state index in [0.29, 0.717) is 5.56 Å². The van der Waals surface area contributed by atoms with E-state index < -0.39 is 7.92 Å². The summed E-state index contributed by atoms with van der Waals surface area (Å²) < 4.78 is 0. The van der Waals surface area contributed by atoms with E-state index in [1.165, 1.54) is 0 Å². The molecular formula is C25H23O3P. The summed E-state index contributed by atoms with van der Waals surface area (Å²) in [4.78, 5) is 12.9. The first-order valence-electron chi connectivity index (χ1n) is 9.33. The van der Waals surface area contributed by atoms with Crippen LogP contribution in [0.4, 0.5) is 0 Å². The molecule has 3 rings (SSSR count). The number of ketones is 1. The molecule has 0 saturated carbocycles. The lowest BCUT2D eigenvalue weighted by molar-refractivity contribution is 0.104. The molecule has 0 amide bonds. The average molecular weight is 402 g/mol. The topological polar surface area (TPSA) is 57.5 Å². The molecule has 0 heterocycles. The van der Waals surface area contributed by atoms with Crippen molar-refractivity contribution in [2.75, 3.05) is 12.7 Å². The molecule has 0 unspecified atom stereocenters. The van der Waals surface area contributed by atoms with Gasteiger partial charge in [-0.3, -0.25) is 4.79 Å². The van der Waals surface area contributed by atoms with Crippen LogP contribution >= 0.6 is 7.92 Å². The molecule has 0 bridgehead atoms. The predicted molar refractivity (Wildman–Crippen MR) is 121 cm³/mol. The largest absolute Gasteiger partial charge is 0.391 e. The van der Waals surface area contributed by atoms with Crippen LogP contribution in [0.3, 0.4) is 0 Å². The van der Waals surface area contributed by atoms with Gasteiger partial charge in [0.2, 0.25) is 0 Å². The third kappa shape index (κ3) is 5.58. The Hall–Kier alpha value is -2.84. The van der Waals surface area contributed by atoms with E-state index in [4.69, 9.17) is 0 Å². The molecule has 0 atom stereocenters. The molecule has 4 heteroatoms. The number of hydrogen-bond acceptors (Lipinski definition) is 3. The van der Waals surface area contributed by atoms with Crippen molar-refractivity contribution in [3.63, 3.8) is 0 Å². The second kappa shape index (κ2) is 10.6. The zero-order valence-electron chi connectivity index (χ0n) is 16.0. The van der Waals surface area contributed by atoms with Crippen molar-refractivity contribution in [1.82, 2.24) is 0 Å². The number of benzene rings is 3. The van der Waals surface area contributed by atoms with Gasteiger partial charge >= 0.3 is 0 Å². The Morgan fingerprint density at radius 3 is 1.59 bits per heavy atom. The van der Waals surface area contributed by atoms with Gasteiger partial charge in [0, 0.05) is 5.56 Å². The minimum Gasteiger partial charge on any atom is -0.391 e. The van der Waals surface area contributed by atoms with E-state index in [2.05, 4.69) is 0 Å². The van der Waals surface area contributed by atoms with Gasteiger partial charge in [-0.05, 0) is 42.1 Å². The smallest absolute Gasteiger partial charge is 0.186 e. The Bertz CT molecular complexity index is 976. The molecule has 3 aromatic rings. The molecule has 3 nitrogen and oxygen atoms in total. The van der Waals surface area contributed by atoms with Crippen molar-refractivity contribution in [3.8, 4) is 0 Å². The van der Waals surface area contributed by atoms with Crippen molar-refractivity contribution in [2.45, 2.75) is 0 Å². The summed E-state index contributed by atoms with van der Waals surface area (Å²) in [7, 11) is -1.18. The quantitative estimate of drug-likeness (QED) is 0.230. The van der Waals surface area contributed by atoms with E-state index in [-0.39, 0.29) is 18.5 Å². The molecule has 146 valence electrons. The fraction of sp³-hybridized carbons (Fsp3) is 0.0800. The van der Waals surface area contributed by atoms with Gasteiger partial charge in [0.1, 0.15) is 0 Å². The van der Waals surface area contributed by atoms with Gasteiger partial charge in [0.05, 0.1) is 12.7 Å². The van der Waals surface area contributed by atoms with E-state index >= 15 is 0 Å². The van der Waals surface area contributed by atoms with Gasteiger partial charge in [0.25, 0.3) is 0 Å². The summed E-state index contributed by atoms with van der Waals surface area (Å²) in [6, 6.07) is 28.5. The third-order valence-corrected chi connectivity index (χ3v) is 6.25. The van der Waals surface area contributed by atoms with Crippen LogP contribution in [0, 0.1) is 0 Å². The fourth-order valence-corrected chi connectivity index (χ4v) is 4.21. The lowest BCUT2D eigenvalue weighted by Gasteiger charge is -2.18. The SMILES string of the molecule is O=C(/C=C(/C=C(/c1ccccc1)P(CO)CO)c1ccccc1)c1ccccc1. The first-order chi connectivity index (χ1) is 14.2. The van der Waals surface area contributed by atoms with Gasteiger partial charge in [-0.1, -0.05) is 91.0 Å². The summed E-state index contributed by atoms with van der Waals surface area (Å²) in [5, 5.41) is 20.5. The maximum atomic E-state index is 12.9. The van der Waals surface area contributed by atoms with Crippen LogP contribution < -0.4 is 0 Å². The number of rotatable bonds is 8. The minimum atomic E-state index is -1.18. The number of aliphatic hydroxyl groups is 2. The van der Waals surface area contributed by atoms with E-state index in [9.17, 15) is 15.0 Å². The van der Waals surface area contributed by atoms with Crippen LogP contribution in [-0.4, -0.2) is 28.7 Å². The molecule has 0 spiro atoms. The highest BCUT2D eigenvalue weighted by Crippen LogP contribution is 2.49. The first kappa shape index (κ1) is 20.9. The lowest BCUT2D eigenvalue weighted by atomic mass is 10.0. The molecule has 29 heavy (non-hydrogen) atoms. The summed E-state index contributed by atoms with van der Waals surface area (Å²) in [5.41, 5.74) is 3.18. The number of hydrogen-bond donors (Lipinski definition) is 2. The molecule has 0 radical (unpaired) electrons. The average Bonchev–Trinajstić information content (AvgIpc) is 2.80. The number of carbonyl (C=O) groups excluding carboxylic acids is 1. The molecule has 0 fully saturated rings. The van der Waals surface area contributed by atoms with Crippen molar-refractivity contribution in [3.05, 3.63) is 120 Å². The van der Waals surface area contributed by atoms with Crippen LogP contribution in [0.15, 0.2) is 103 Å². The van der Waals surface area contributed by atoms with E-state index in [0.717, 1.165) is 22.0 Å². The first-order valence-corrected chi connectivity index (χ1v) is 11.0. The van der Waals surface area contributed by atoms with Gasteiger partial charge in [-0.2, -0.15) is 0 Å². The zero-order chi connectivity index (χ0) is 20.5. The standard InChI is InChI=1S/C25H23O3P/c26-18-29(19-27)25(22-14-8-3-9-15-22)17-23(20-10-4-1-5-11-20)16-24(28)21-12-6-2-7-13-21/h1-17,26-27H,18-19H2/b23-16-,25-17-. The third-order valence-electron chi connectivity index (χ3n) is 4.50. The number of allylic oxidation sites excluding steroid dienone is 3. The molecule has 0 aromatic heterocycles. The second-order valence-electron chi connectivity index (χ2n) is 6.41. The minimum absolute atomic E-state index is 0.0922. The summed E-state index contributed by atoms with van der Waals surface area (Å²) >= 11 is 0. The van der Waals surface area contributed by atoms with Crippen molar-refractivity contribution < 1.29 is 15.0 Å². The van der Waals surface area contributed by atoms with Gasteiger partial charge in [0.15, 0.2) is 5.78 Å². The summed E-state index contributed by atoms with van der Waals surface area (Å²) in [6.45, 7) is 0. The van der Waals surface area contributed by atoms with Crippen molar-refractivity contribution >= 4 is 24.6 Å². The fourth-order valence-electron chi connectivity index (χ4n) is 2.98. The van der Waals surface area contributed by atoms with Crippen molar-refractivity contribution in [1.29, 1.82) is 0 Å². The molecule has 3 aromatic carbocycles. The normalized spacial score (nSPS) is 12.2. The predicted octanol–water partition coefficient (Wildman–Crippen LogP) is 5.38. The van der Waals surface area contributed by atoms with Crippen LogP contribution in [-0.2, 0) is 0 Å². The molecule has 0 aliphatic carbocycles. The Kier molecular flexibility index (Phi) is 7.66. The zero-order valence-corrected chi connectivity index (χ0v) is 16.9. The monoisotopic (exact) mass is 402 g/mol. The van der Waals surface area contributed by atoms with E-state index in [1.54, 1.807) is 18.2 Å². The Morgan fingerprint density at radius 2 is 1.10 bits per heavy atom. The number of aliphatic hydroxyl groups excluding tert-OH is 2. The van der Waals surface area contributed by atoms with Gasteiger partial charge < -0.3 is 10.2 Å². The summed E-state index contributed by atoms with van der Waals surface area (Å²) in [6.07, 6.45) is 3.29. The second-order valence-corrected chi connectivity index (χ2v) is 8.54. The molecular weight excluding hydrogens is 379 g/mol. The number of carbonyl (C=O) groups is 1.